The third-order valence-electron chi connectivity index (χ3n) is 8.82. The largest absolute Gasteiger partial charge is 0.362 e. The summed E-state index contributed by atoms with van der Waals surface area (Å²) in [7, 11) is 7.08. The molecule has 1 aromatic carbocycles. The Morgan fingerprint density at radius 3 is 2.64 bits per heavy atom. The van der Waals surface area contributed by atoms with Crippen LogP contribution in [0.1, 0.15) is 74.9 Å². The van der Waals surface area contributed by atoms with Crippen LogP contribution in [0.25, 0.3) is 0 Å². The number of piperidine rings is 1. The number of aromatic nitrogens is 2. The standard InChI is InChI=1S/C30H40BN5/c1-7-26-28(34-27(16-32-26)33-22(4)25-10-9-20(2)13-21(25)3)36-17-23(18-36)30(31)11-8-12-35(19-30)24-14-29(5,6)15-24/h1,9-10,13,16,22-24H,8,11-12,14-15,17-19H2,2-6H3,(H,33,34)/t22-,30-/m1/s1. The molecule has 5 nitrogen and oxygen atoms in total. The molecule has 1 N–H and O–H groups in total. The second-order valence-corrected chi connectivity index (χ2v) is 12.4. The molecule has 1 aromatic heterocycles. The van der Waals surface area contributed by atoms with Crippen molar-refractivity contribution in [3.63, 3.8) is 0 Å². The molecular weight excluding hydrogens is 441 g/mol. The predicted molar refractivity (Wildman–Crippen MR) is 150 cm³/mol. The third-order valence-corrected chi connectivity index (χ3v) is 8.82. The van der Waals surface area contributed by atoms with E-state index < -0.39 is 0 Å². The van der Waals surface area contributed by atoms with E-state index in [0.29, 0.717) is 23.1 Å². The van der Waals surface area contributed by atoms with Gasteiger partial charge in [0.2, 0.25) is 0 Å². The van der Waals surface area contributed by atoms with Crippen LogP contribution >= 0.6 is 0 Å². The molecule has 6 heteroatoms. The van der Waals surface area contributed by atoms with Gasteiger partial charge in [0.05, 0.1) is 20.1 Å². The van der Waals surface area contributed by atoms with Gasteiger partial charge in [0.1, 0.15) is 5.82 Å². The molecule has 2 atom stereocenters. The first kappa shape index (κ1) is 25.1. The topological polar surface area (TPSA) is 44.3 Å². The number of benzene rings is 1. The maximum absolute atomic E-state index is 7.08. The van der Waals surface area contributed by atoms with Gasteiger partial charge in [-0.25, -0.2) is 9.97 Å². The molecule has 2 saturated heterocycles. The molecule has 0 spiro atoms. The summed E-state index contributed by atoms with van der Waals surface area (Å²) in [5, 5.41) is 3.40. The lowest BCUT2D eigenvalue weighted by Gasteiger charge is -2.57. The molecular formula is C30H40BN5. The van der Waals surface area contributed by atoms with Crippen molar-refractivity contribution >= 4 is 19.5 Å². The summed E-state index contributed by atoms with van der Waals surface area (Å²) in [4.78, 5) is 14.4. The number of terminal acetylenes is 1. The smallest absolute Gasteiger partial charge is 0.165 e. The fourth-order valence-electron chi connectivity index (χ4n) is 6.66. The van der Waals surface area contributed by atoms with Crippen molar-refractivity contribution in [1.29, 1.82) is 0 Å². The van der Waals surface area contributed by atoms with Gasteiger partial charge >= 0.3 is 0 Å². The Balaban J connectivity index is 1.25. The van der Waals surface area contributed by atoms with Crippen LogP contribution < -0.4 is 10.2 Å². The Labute approximate surface area is 218 Å². The Morgan fingerprint density at radius 1 is 1.22 bits per heavy atom. The number of aryl methyl sites for hydroxylation is 2. The number of hydrogen-bond donors (Lipinski definition) is 1. The van der Waals surface area contributed by atoms with Gasteiger partial charge in [-0.2, -0.15) is 0 Å². The molecule has 3 heterocycles. The predicted octanol–water partition coefficient (Wildman–Crippen LogP) is 5.30. The maximum Gasteiger partial charge on any atom is 0.165 e. The second-order valence-electron chi connectivity index (χ2n) is 12.4. The van der Waals surface area contributed by atoms with Crippen molar-refractivity contribution in [2.75, 3.05) is 36.4 Å². The van der Waals surface area contributed by atoms with Gasteiger partial charge < -0.3 is 15.1 Å². The molecule has 1 saturated carbocycles. The van der Waals surface area contributed by atoms with Crippen LogP contribution in [0.2, 0.25) is 5.31 Å². The molecule has 0 bridgehead atoms. The second kappa shape index (κ2) is 9.41. The minimum atomic E-state index is -0.133. The highest BCUT2D eigenvalue weighted by Crippen LogP contribution is 2.50. The van der Waals surface area contributed by atoms with Crippen molar-refractivity contribution in [2.45, 2.75) is 77.7 Å². The Bertz CT molecular complexity index is 1160. The summed E-state index contributed by atoms with van der Waals surface area (Å²) in [6.45, 7) is 15.2. The van der Waals surface area contributed by atoms with Crippen LogP contribution in [0.4, 0.5) is 11.6 Å². The lowest BCUT2D eigenvalue weighted by molar-refractivity contribution is -0.00471. The molecule has 5 rings (SSSR count). The highest BCUT2D eigenvalue weighted by molar-refractivity contribution is 6.16. The first-order valence-corrected chi connectivity index (χ1v) is 13.5. The average molecular weight is 481 g/mol. The van der Waals surface area contributed by atoms with Crippen molar-refractivity contribution in [3.05, 3.63) is 46.8 Å². The van der Waals surface area contributed by atoms with Gasteiger partial charge in [0.15, 0.2) is 11.5 Å². The zero-order valence-corrected chi connectivity index (χ0v) is 22.6. The summed E-state index contributed by atoms with van der Waals surface area (Å²) in [6, 6.07) is 7.38. The van der Waals surface area contributed by atoms with E-state index in [1.165, 1.54) is 42.5 Å². The molecule has 0 amide bonds. The van der Waals surface area contributed by atoms with E-state index in [9.17, 15) is 0 Å². The summed E-state index contributed by atoms with van der Waals surface area (Å²) < 4.78 is 0. The first-order valence-electron chi connectivity index (χ1n) is 13.5. The summed E-state index contributed by atoms with van der Waals surface area (Å²) >= 11 is 0. The summed E-state index contributed by atoms with van der Waals surface area (Å²) in [6.07, 6.45) is 12.4. The lowest BCUT2D eigenvalue weighted by atomic mass is 9.54. The van der Waals surface area contributed by atoms with Crippen LogP contribution in [-0.4, -0.2) is 54.9 Å². The number of anilines is 2. The quantitative estimate of drug-likeness (QED) is 0.448. The Hall–Kier alpha value is -2.52. The van der Waals surface area contributed by atoms with E-state index in [1.54, 1.807) is 6.20 Å². The van der Waals surface area contributed by atoms with E-state index in [2.05, 4.69) is 78.8 Å². The third kappa shape index (κ3) is 4.87. The van der Waals surface area contributed by atoms with Crippen LogP contribution in [0.5, 0.6) is 0 Å². The molecule has 36 heavy (non-hydrogen) atoms. The van der Waals surface area contributed by atoms with Crippen LogP contribution in [0, 0.1) is 37.5 Å². The van der Waals surface area contributed by atoms with E-state index in [4.69, 9.17) is 19.3 Å². The fourth-order valence-corrected chi connectivity index (χ4v) is 6.66. The number of nitrogens with one attached hydrogen (secondary N) is 1. The van der Waals surface area contributed by atoms with Crippen LogP contribution in [0.15, 0.2) is 24.4 Å². The van der Waals surface area contributed by atoms with Gasteiger partial charge in [-0.3, -0.25) is 0 Å². The summed E-state index contributed by atoms with van der Waals surface area (Å²) in [5.74, 6) is 4.73. The number of nitrogens with zero attached hydrogens (tertiary/aromatic N) is 4. The van der Waals surface area contributed by atoms with Crippen molar-refractivity contribution < 1.29 is 0 Å². The van der Waals surface area contributed by atoms with E-state index in [1.807, 2.05) is 0 Å². The number of rotatable bonds is 6. The molecule has 3 fully saturated rings. The number of hydrogen-bond acceptors (Lipinski definition) is 5. The molecule has 1 aliphatic carbocycles. The molecule has 0 unspecified atom stereocenters. The van der Waals surface area contributed by atoms with Gasteiger partial charge in [0, 0.05) is 19.1 Å². The lowest BCUT2D eigenvalue weighted by Crippen LogP contribution is -2.59. The SMILES string of the molecule is [B][C@]1(C2CN(c3nc(N[C@H](C)c4ccc(C)cc4C)cnc3C#C)C2)CCCN(C2CC(C)(C)C2)C1. The van der Waals surface area contributed by atoms with E-state index in [0.717, 1.165) is 37.7 Å². The Kier molecular flexibility index (Phi) is 6.58. The molecule has 2 aliphatic heterocycles. The average Bonchev–Trinajstić information content (AvgIpc) is 2.76. The molecule has 3 aliphatic rings. The highest BCUT2D eigenvalue weighted by Gasteiger charge is 2.48. The van der Waals surface area contributed by atoms with Crippen LogP contribution in [-0.2, 0) is 0 Å². The van der Waals surface area contributed by atoms with Gasteiger partial charge in [-0.1, -0.05) is 44.0 Å². The first-order chi connectivity index (χ1) is 17.1. The normalized spacial score (nSPS) is 25.5. The zero-order chi connectivity index (χ0) is 25.7. The van der Waals surface area contributed by atoms with Crippen LogP contribution in [0.3, 0.4) is 0 Å². The van der Waals surface area contributed by atoms with Gasteiger partial charge in [-0.15, -0.1) is 6.42 Å². The van der Waals surface area contributed by atoms with Crippen molar-refractivity contribution in [2.24, 2.45) is 11.3 Å². The Morgan fingerprint density at radius 2 is 1.97 bits per heavy atom. The highest BCUT2D eigenvalue weighted by atomic mass is 15.3. The molecule has 188 valence electrons. The minimum absolute atomic E-state index is 0.116. The maximum atomic E-state index is 7.08. The number of likely N-dealkylation sites (tertiary alicyclic amines) is 1. The van der Waals surface area contributed by atoms with Crippen molar-refractivity contribution in [1.82, 2.24) is 14.9 Å². The minimum Gasteiger partial charge on any atom is -0.362 e. The fraction of sp³-hybridized carbons (Fsp3) is 0.600. The molecule has 2 radical (unpaired) electrons. The van der Waals surface area contributed by atoms with Gasteiger partial charge in [-0.05, 0) is 86.8 Å². The van der Waals surface area contributed by atoms with E-state index >= 15 is 0 Å². The monoisotopic (exact) mass is 481 g/mol. The van der Waals surface area contributed by atoms with Gasteiger partial charge in [0.25, 0.3) is 0 Å². The van der Waals surface area contributed by atoms with E-state index in [-0.39, 0.29) is 11.4 Å². The van der Waals surface area contributed by atoms with Crippen molar-refractivity contribution in [3.8, 4) is 12.3 Å². The molecule has 2 aromatic rings. The summed E-state index contributed by atoms with van der Waals surface area (Å²) in [5.41, 5.74) is 4.90. The zero-order valence-electron chi connectivity index (χ0n) is 22.6.